The number of rotatable bonds is 5. The molecule has 0 N–H and O–H groups in total. The zero-order valence-corrected chi connectivity index (χ0v) is 28.8. The van der Waals surface area contributed by atoms with E-state index in [0.29, 0.717) is 17.5 Å². The number of hydrogen-bond acceptors (Lipinski definition) is 4. The maximum Gasteiger partial charge on any atom is 0.164 e. The summed E-state index contributed by atoms with van der Waals surface area (Å²) in [6, 6.07) is 51.2. The summed E-state index contributed by atoms with van der Waals surface area (Å²) in [5.74, 6) is 1.97. The Balaban J connectivity index is 1.15. The van der Waals surface area contributed by atoms with E-state index in [1.807, 2.05) is 73.1 Å². The van der Waals surface area contributed by atoms with Gasteiger partial charge < -0.3 is 4.57 Å². The number of hydrogen-bond donors (Lipinski definition) is 0. The van der Waals surface area contributed by atoms with E-state index in [-0.39, 0.29) is 5.41 Å². The van der Waals surface area contributed by atoms with Gasteiger partial charge in [-0.25, -0.2) is 15.0 Å². The third-order valence-corrected chi connectivity index (χ3v) is 10.6. The lowest BCUT2D eigenvalue weighted by Crippen LogP contribution is -2.14. The Morgan fingerprint density at radius 1 is 0.462 bits per heavy atom. The predicted molar refractivity (Wildman–Crippen MR) is 211 cm³/mol. The van der Waals surface area contributed by atoms with Crippen molar-refractivity contribution in [2.45, 2.75) is 19.3 Å². The summed E-state index contributed by atoms with van der Waals surface area (Å²) in [6.07, 6.45) is 6.00. The third-order valence-electron chi connectivity index (χ3n) is 10.6. The predicted octanol–water partition coefficient (Wildman–Crippen LogP) is 11.3. The molecule has 0 unspecified atom stereocenters. The van der Waals surface area contributed by atoms with Crippen molar-refractivity contribution in [3.8, 4) is 62.1 Å². The SMILES string of the molecule is CC1(C)c2ccc(-c3nc(-c4ccccc4)nc(-c4ccccc4)n3)cc2-c2cc(-c3cn(-c4ccncc4)c4c3ccc3ccccc34)ccc21. The summed E-state index contributed by atoms with van der Waals surface area (Å²) in [4.78, 5) is 19.3. The molecule has 246 valence electrons. The molecule has 0 bridgehead atoms. The van der Waals surface area contributed by atoms with Crippen LogP contribution in [0.15, 0.2) is 164 Å². The molecule has 0 radical (unpaired) electrons. The lowest BCUT2D eigenvalue weighted by Gasteiger charge is -2.21. The van der Waals surface area contributed by atoms with Crippen molar-refractivity contribution in [1.82, 2.24) is 24.5 Å². The molecule has 10 rings (SSSR count). The molecular formula is C47H33N5. The fraction of sp³-hybridized carbons (Fsp3) is 0.0638. The van der Waals surface area contributed by atoms with Crippen LogP contribution in [0.2, 0.25) is 0 Å². The van der Waals surface area contributed by atoms with Crippen LogP contribution < -0.4 is 0 Å². The minimum absolute atomic E-state index is 0.160. The van der Waals surface area contributed by atoms with Crippen molar-refractivity contribution in [2.24, 2.45) is 0 Å². The van der Waals surface area contributed by atoms with Gasteiger partial charge >= 0.3 is 0 Å². The average Bonchev–Trinajstić information content (AvgIpc) is 3.71. The third kappa shape index (κ3) is 4.78. The zero-order valence-electron chi connectivity index (χ0n) is 28.8. The molecule has 3 heterocycles. The number of benzene rings is 6. The normalized spacial score (nSPS) is 13.0. The molecule has 0 fully saturated rings. The molecule has 5 nitrogen and oxygen atoms in total. The minimum atomic E-state index is -0.160. The summed E-state index contributed by atoms with van der Waals surface area (Å²) < 4.78 is 2.31. The van der Waals surface area contributed by atoms with Crippen LogP contribution in [0.25, 0.3) is 83.8 Å². The van der Waals surface area contributed by atoms with E-state index in [2.05, 4.69) is 115 Å². The highest BCUT2D eigenvalue weighted by molar-refractivity contribution is 6.12. The Labute approximate surface area is 302 Å². The van der Waals surface area contributed by atoms with Crippen LogP contribution in [0.1, 0.15) is 25.0 Å². The molecule has 0 aliphatic heterocycles. The zero-order chi connectivity index (χ0) is 34.8. The monoisotopic (exact) mass is 667 g/mol. The van der Waals surface area contributed by atoms with Gasteiger partial charge in [-0.3, -0.25) is 4.98 Å². The number of aromatic nitrogens is 5. The summed E-state index contributed by atoms with van der Waals surface area (Å²) in [5, 5.41) is 3.66. The van der Waals surface area contributed by atoms with Crippen molar-refractivity contribution in [3.05, 3.63) is 175 Å². The largest absolute Gasteiger partial charge is 0.315 e. The minimum Gasteiger partial charge on any atom is -0.315 e. The van der Waals surface area contributed by atoms with E-state index in [4.69, 9.17) is 15.0 Å². The Kier molecular flexibility index (Phi) is 6.77. The summed E-state index contributed by atoms with van der Waals surface area (Å²) in [6.45, 7) is 4.64. The standard InChI is InChI=1S/C47H33N5/c1-47(2)41-21-18-33(40-29-52(35-23-25-48-26-24-35)43-36-16-10-9-11-30(36)17-20-37(40)43)27-38(41)39-28-34(19-22-42(39)47)46-50-44(31-12-5-3-6-13-31)49-45(51-46)32-14-7-4-8-15-32/h3-29H,1-2H3. The van der Waals surface area contributed by atoms with Crippen LogP contribution >= 0.6 is 0 Å². The maximum atomic E-state index is 5.04. The summed E-state index contributed by atoms with van der Waals surface area (Å²) >= 11 is 0. The van der Waals surface area contributed by atoms with Crippen LogP contribution in [-0.2, 0) is 5.41 Å². The molecule has 9 aromatic rings. The Bertz CT molecular complexity index is 2750. The van der Waals surface area contributed by atoms with Crippen molar-refractivity contribution in [2.75, 3.05) is 0 Å². The second-order valence-corrected chi connectivity index (χ2v) is 14.0. The molecule has 0 atom stereocenters. The highest BCUT2D eigenvalue weighted by Crippen LogP contribution is 2.51. The molecular weight excluding hydrogens is 635 g/mol. The van der Waals surface area contributed by atoms with Gasteiger partial charge in [0.1, 0.15) is 0 Å². The molecule has 0 amide bonds. The highest BCUT2D eigenvalue weighted by atomic mass is 15.0. The maximum absolute atomic E-state index is 5.04. The highest BCUT2D eigenvalue weighted by Gasteiger charge is 2.36. The first-order valence-corrected chi connectivity index (χ1v) is 17.6. The van der Waals surface area contributed by atoms with Crippen LogP contribution in [0.3, 0.4) is 0 Å². The van der Waals surface area contributed by atoms with E-state index in [0.717, 1.165) is 22.4 Å². The topological polar surface area (TPSA) is 56.5 Å². The Morgan fingerprint density at radius 2 is 1.02 bits per heavy atom. The van der Waals surface area contributed by atoms with Crippen LogP contribution in [-0.4, -0.2) is 24.5 Å². The van der Waals surface area contributed by atoms with E-state index in [1.54, 1.807) is 0 Å². The first kappa shape index (κ1) is 30.1. The number of pyridine rings is 1. The first-order valence-electron chi connectivity index (χ1n) is 17.6. The molecule has 0 saturated carbocycles. The molecule has 5 heteroatoms. The summed E-state index contributed by atoms with van der Waals surface area (Å²) in [5.41, 5.74) is 12.4. The summed E-state index contributed by atoms with van der Waals surface area (Å²) in [7, 11) is 0. The molecule has 1 aliphatic rings. The fourth-order valence-electron chi connectivity index (χ4n) is 7.95. The Hall–Kier alpha value is -6.72. The van der Waals surface area contributed by atoms with Crippen molar-refractivity contribution >= 4 is 21.7 Å². The first-order chi connectivity index (χ1) is 25.5. The van der Waals surface area contributed by atoms with Gasteiger partial charge in [0.25, 0.3) is 0 Å². The van der Waals surface area contributed by atoms with Crippen LogP contribution in [0, 0.1) is 0 Å². The quantitative estimate of drug-likeness (QED) is 0.183. The van der Waals surface area contributed by atoms with E-state index in [1.165, 1.54) is 55.1 Å². The van der Waals surface area contributed by atoms with E-state index in [9.17, 15) is 0 Å². The van der Waals surface area contributed by atoms with Gasteiger partial charge in [0, 0.05) is 62.7 Å². The lowest BCUT2D eigenvalue weighted by molar-refractivity contribution is 0.660. The number of fused-ring (bicyclic) bond motifs is 6. The Morgan fingerprint density at radius 3 is 1.67 bits per heavy atom. The molecule has 0 saturated heterocycles. The van der Waals surface area contributed by atoms with E-state index < -0.39 is 0 Å². The van der Waals surface area contributed by atoms with Crippen molar-refractivity contribution < 1.29 is 0 Å². The second-order valence-electron chi connectivity index (χ2n) is 14.0. The fourth-order valence-corrected chi connectivity index (χ4v) is 7.95. The average molecular weight is 668 g/mol. The number of nitrogens with zero attached hydrogens (tertiary/aromatic N) is 5. The van der Waals surface area contributed by atoms with Gasteiger partial charge in [-0.05, 0) is 57.5 Å². The smallest absolute Gasteiger partial charge is 0.164 e. The van der Waals surface area contributed by atoms with Gasteiger partial charge in [0.15, 0.2) is 17.5 Å². The second kappa shape index (κ2) is 11.7. The van der Waals surface area contributed by atoms with Crippen molar-refractivity contribution in [1.29, 1.82) is 0 Å². The van der Waals surface area contributed by atoms with Gasteiger partial charge in [0.2, 0.25) is 0 Å². The molecule has 52 heavy (non-hydrogen) atoms. The van der Waals surface area contributed by atoms with Gasteiger partial charge in [-0.2, -0.15) is 0 Å². The van der Waals surface area contributed by atoms with Gasteiger partial charge in [-0.1, -0.05) is 135 Å². The molecule has 6 aromatic carbocycles. The van der Waals surface area contributed by atoms with Crippen LogP contribution in [0.4, 0.5) is 0 Å². The molecule has 3 aromatic heterocycles. The van der Waals surface area contributed by atoms with Gasteiger partial charge in [0.05, 0.1) is 5.52 Å². The van der Waals surface area contributed by atoms with Crippen LogP contribution in [0.5, 0.6) is 0 Å². The van der Waals surface area contributed by atoms with Gasteiger partial charge in [-0.15, -0.1) is 0 Å². The lowest BCUT2D eigenvalue weighted by atomic mass is 9.82. The van der Waals surface area contributed by atoms with E-state index >= 15 is 0 Å². The molecule has 0 spiro atoms. The molecule has 1 aliphatic carbocycles. The van der Waals surface area contributed by atoms with Crippen molar-refractivity contribution in [3.63, 3.8) is 0 Å².